The van der Waals surface area contributed by atoms with Crippen LogP contribution in [0.2, 0.25) is 0 Å². The number of benzene rings is 2. The number of amides is 1. The van der Waals surface area contributed by atoms with Gasteiger partial charge in [0, 0.05) is 37.1 Å². The average molecular weight is 483 g/mol. The topological polar surface area (TPSA) is 84.1 Å². The van der Waals surface area contributed by atoms with Crippen LogP contribution in [0.25, 0.3) is 16.9 Å². The van der Waals surface area contributed by atoms with Gasteiger partial charge in [0.05, 0.1) is 41.1 Å². The summed E-state index contributed by atoms with van der Waals surface area (Å²) in [4.78, 5) is 17.2. The van der Waals surface area contributed by atoms with Gasteiger partial charge >= 0.3 is 6.18 Å². The van der Waals surface area contributed by atoms with E-state index >= 15 is 0 Å². The number of carbonyl (C=O) groups excluding carboxylic acids is 1. The minimum Gasteiger partial charge on any atom is -0.395 e. The molecular formula is C25H24F3N5O2. The van der Waals surface area contributed by atoms with Crippen LogP contribution in [0.4, 0.5) is 24.5 Å². The highest BCUT2D eigenvalue weighted by molar-refractivity contribution is 6.06. The largest absolute Gasteiger partial charge is 0.416 e. The molecule has 0 atom stereocenters. The summed E-state index contributed by atoms with van der Waals surface area (Å²) in [6.45, 7) is 1.81. The van der Waals surface area contributed by atoms with Crippen LogP contribution in [0, 0.1) is 6.92 Å². The number of aliphatic hydroxyl groups excluding tert-OH is 1. The smallest absolute Gasteiger partial charge is 0.395 e. The van der Waals surface area contributed by atoms with Crippen LogP contribution >= 0.6 is 0 Å². The van der Waals surface area contributed by atoms with Gasteiger partial charge in [-0.3, -0.25) is 19.1 Å². The lowest BCUT2D eigenvalue weighted by atomic mass is 10.1. The molecule has 35 heavy (non-hydrogen) atoms. The molecule has 1 amide bonds. The van der Waals surface area contributed by atoms with Crippen molar-refractivity contribution in [1.29, 1.82) is 0 Å². The van der Waals surface area contributed by atoms with E-state index in [1.54, 1.807) is 30.6 Å². The van der Waals surface area contributed by atoms with E-state index < -0.39 is 17.6 Å². The normalized spacial score (nSPS) is 11.5. The summed E-state index contributed by atoms with van der Waals surface area (Å²) in [6, 6.07) is 11.9. The van der Waals surface area contributed by atoms with E-state index in [-0.39, 0.29) is 30.1 Å². The first-order valence-corrected chi connectivity index (χ1v) is 10.8. The van der Waals surface area contributed by atoms with Crippen molar-refractivity contribution >= 4 is 17.3 Å². The number of aliphatic hydroxyl groups is 1. The zero-order valence-corrected chi connectivity index (χ0v) is 19.1. The summed E-state index contributed by atoms with van der Waals surface area (Å²) < 4.78 is 43.5. The van der Waals surface area contributed by atoms with Crippen molar-refractivity contribution in [3.05, 3.63) is 83.8 Å². The highest BCUT2D eigenvalue weighted by atomic mass is 19.4. The van der Waals surface area contributed by atoms with Gasteiger partial charge in [-0.2, -0.15) is 13.2 Å². The van der Waals surface area contributed by atoms with E-state index in [2.05, 4.69) is 15.6 Å². The van der Waals surface area contributed by atoms with Gasteiger partial charge in [-0.25, -0.2) is 0 Å². The maximum Gasteiger partial charge on any atom is 0.416 e. The summed E-state index contributed by atoms with van der Waals surface area (Å²) in [5.41, 5.74) is 3.23. The number of aryl methyl sites for hydroxylation is 1. The van der Waals surface area contributed by atoms with Crippen molar-refractivity contribution in [2.75, 3.05) is 23.8 Å². The van der Waals surface area contributed by atoms with Crippen molar-refractivity contribution in [3.63, 3.8) is 0 Å². The van der Waals surface area contributed by atoms with Crippen LogP contribution in [0.5, 0.6) is 0 Å². The third-order valence-electron chi connectivity index (χ3n) is 5.61. The first kappa shape index (κ1) is 24.1. The molecule has 0 aliphatic heterocycles. The number of hydrogen-bond donors (Lipinski definition) is 3. The molecule has 0 radical (unpaired) electrons. The average Bonchev–Trinajstić information content (AvgIpc) is 2.83. The first-order chi connectivity index (χ1) is 16.7. The van der Waals surface area contributed by atoms with Crippen molar-refractivity contribution in [2.24, 2.45) is 7.05 Å². The van der Waals surface area contributed by atoms with Gasteiger partial charge < -0.3 is 15.7 Å². The highest BCUT2D eigenvalue weighted by Crippen LogP contribution is 2.34. The van der Waals surface area contributed by atoms with E-state index in [0.717, 1.165) is 34.6 Å². The van der Waals surface area contributed by atoms with Crippen LogP contribution < -0.4 is 10.6 Å². The van der Waals surface area contributed by atoms with Gasteiger partial charge in [0.25, 0.3) is 5.91 Å². The quantitative estimate of drug-likeness (QED) is 0.351. The fraction of sp³-hybridized carbons (Fsp3) is 0.200. The number of pyridine rings is 1. The maximum absolute atomic E-state index is 13.2. The molecule has 0 aliphatic carbocycles. The van der Waals surface area contributed by atoms with Gasteiger partial charge in [0.1, 0.15) is 0 Å². The first-order valence-electron chi connectivity index (χ1n) is 10.8. The molecule has 0 unspecified atom stereocenters. The Morgan fingerprint density at radius 2 is 1.91 bits per heavy atom. The molecular weight excluding hydrogens is 459 g/mol. The zero-order valence-electron chi connectivity index (χ0n) is 19.1. The second-order valence-electron chi connectivity index (χ2n) is 7.99. The van der Waals surface area contributed by atoms with E-state index in [1.807, 2.05) is 41.7 Å². The summed E-state index contributed by atoms with van der Waals surface area (Å²) in [5.74, 6) is -0.558. The van der Waals surface area contributed by atoms with Gasteiger partial charge in [-0.1, -0.05) is 6.07 Å². The Kier molecular flexibility index (Phi) is 6.65. The molecule has 2 aromatic heterocycles. The molecule has 2 heterocycles. The number of halogens is 3. The van der Waals surface area contributed by atoms with Crippen molar-refractivity contribution in [3.8, 4) is 16.9 Å². The second-order valence-corrected chi connectivity index (χ2v) is 7.99. The third kappa shape index (κ3) is 5.07. The Balaban J connectivity index is 1.63. The lowest BCUT2D eigenvalue weighted by Gasteiger charge is -2.25. The Labute approximate surface area is 199 Å². The Morgan fingerprint density at radius 1 is 1.11 bits per heavy atom. The number of nitrogens with one attached hydrogen (secondary N) is 2. The number of aromatic nitrogens is 3. The molecule has 182 valence electrons. The van der Waals surface area contributed by atoms with Crippen LogP contribution in [-0.4, -0.2) is 38.5 Å². The van der Waals surface area contributed by atoms with Crippen LogP contribution in [0.3, 0.4) is 0 Å². The number of alkyl halides is 3. The molecule has 0 spiro atoms. The van der Waals surface area contributed by atoms with Gasteiger partial charge in [0.2, 0.25) is 0 Å². The molecule has 0 fully saturated rings. The number of hydrogen-bond acceptors (Lipinski definition) is 4. The molecule has 4 rings (SSSR count). The number of carbonyl (C=O) groups is 1. The molecule has 0 saturated carbocycles. The van der Waals surface area contributed by atoms with Crippen LogP contribution in [-0.2, 0) is 13.2 Å². The summed E-state index contributed by atoms with van der Waals surface area (Å²) >= 11 is 0. The molecule has 3 N–H and O–H groups in total. The van der Waals surface area contributed by atoms with Crippen molar-refractivity contribution in [2.45, 2.75) is 13.1 Å². The Bertz CT molecular complexity index is 1340. The predicted molar refractivity (Wildman–Crippen MR) is 128 cm³/mol. The highest BCUT2D eigenvalue weighted by Gasteiger charge is 2.31. The number of nitrogens with zero attached hydrogens (tertiary/aromatic N) is 3. The summed E-state index contributed by atoms with van der Waals surface area (Å²) in [5, 5.41) is 14.5. The van der Waals surface area contributed by atoms with E-state index in [0.29, 0.717) is 0 Å². The summed E-state index contributed by atoms with van der Waals surface area (Å²) in [6.07, 6.45) is 0.812. The molecule has 0 bridgehead atoms. The van der Waals surface area contributed by atoms with E-state index in [1.165, 1.54) is 6.07 Å². The standard InChI is InChI=1S/C25H24F3N5O2/c1-16-5-6-17(12-22(16)33-15-23(32(33)2)18-4-3-9-29-14-18)24(35)31-21-13-19(25(26,27)28)7-8-20(21)30-10-11-34/h3-9,12-15,30,34H,10-11H2,1-2H3,(H,31,35). The molecule has 4 aromatic rings. The molecule has 10 heteroatoms. The molecule has 7 nitrogen and oxygen atoms in total. The Morgan fingerprint density at radius 3 is 2.57 bits per heavy atom. The van der Waals surface area contributed by atoms with Crippen molar-refractivity contribution < 1.29 is 23.1 Å². The molecule has 2 aromatic carbocycles. The fourth-order valence-corrected chi connectivity index (χ4v) is 3.71. The minimum atomic E-state index is -4.56. The Hall–Kier alpha value is -4.05. The lowest BCUT2D eigenvalue weighted by Crippen LogP contribution is -2.21. The van der Waals surface area contributed by atoms with Gasteiger partial charge in [-0.05, 0) is 55.0 Å². The van der Waals surface area contributed by atoms with Crippen LogP contribution in [0.1, 0.15) is 21.5 Å². The molecule has 0 saturated heterocycles. The van der Waals surface area contributed by atoms with Crippen molar-refractivity contribution in [1.82, 2.24) is 14.3 Å². The van der Waals surface area contributed by atoms with Crippen LogP contribution in [0.15, 0.2) is 67.1 Å². The molecule has 0 aliphatic rings. The van der Waals surface area contributed by atoms with E-state index in [9.17, 15) is 18.0 Å². The SMILES string of the molecule is Cc1ccc(C(=O)Nc2cc(C(F)(F)F)ccc2NCCO)cc1-n1cc(-c2cccnc2)n1C. The number of anilines is 2. The van der Waals surface area contributed by atoms with Gasteiger partial charge in [-0.15, -0.1) is 0 Å². The summed E-state index contributed by atoms with van der Waals surface area (Å²) in [7, 11) is 1.89. The van der Waals surface area contributed by atoms with Gasteiger partial charge in [0.15, 0.2) is 0 Å². The lowest BCUT2D eigenvalue weighted by molar-refractivity contribution is -0.137. The fourth-order valence-electron chi connectivity index (χ4n) is 3.71. The second kappa shape index (κ2) is 9.67. The zero-order chi connectivity index (χ0) is 25.2. The predicted octanol–water partition coefficient (Wildman–Crippen LogP) is 4.86. The van der Waals surface area contributed by atoms with E-state index in [4.69, 9.17) is 5.11 Å². The number of rotatable bonds is 7. The monoisotopic (exact) mass is 483 g/mol. The maximum atomic E-state index is 13.2. The third-order valence-corrected chi connectivity index (χ3v) is 5.61. The minimum absolute atomic E-state index is 0.0276.